The molecule has 3 saturated heterocycles. The fourth-order valence-electron chi connectivity index (χ4n) is 9.27. The lowest BCUT2D eigenvalue weighted by atomic mass is 9.85. The Labute approximate surface area is 343 Å². The summed E-state index contributed by atoms with van der Waals surface area (Å²) in [6, 6.07) is 5.84. The van der Waals surface area contributed by atoms with E-state index in [-0.39, 0.29) is 41.3 Å². The Hall–Kier alpha value is -5.82. The molecule has 7 heterocycles. The number of imide groups is 2. The number of hydrogen-bond acceptors (Lipinski definition) is 12. The number of anilines is 3. The van der Waals surface area contributed by atoms with E-state index < -0.39 is 47.7 Å². The lowest BCUT2D eigenvalue weighted by Gasteiger charge is -2.36. The minimum Gasteiger partial charge on any atom is -0.384 e. The van der Waals surface area contributed by atoms with Gasteiger partial charge in [-0.2, -0.15) is 10.2 Å². The Morgan fingerprint density at radius 2 is 1.70 bits per heavy atom. The maximum atomic E-state index is 14.3. The molecule has 1 saturated carbocycles. The molecule has 1 aromatic carbocycles. The predicted molar refractivity (Wildman–Crippen MR) is 213 cm³/mol. The first-order valence-electron chi connectivity index (χ1n) is 20.8. The number of hydrogen-bond donors (Lipinski definition) is 3. The molecule has 4 aromatic rings. The fraction of sp³-hybridized carbons (Fsp3) is 0.512. The normalized spacial score (nSPS) is 23.1. The van der Waals surface area contributed by atoms with Gasteiger partial charge in [0, 0.05) is 50.7 Å². The summed E-state index contributed by atoms with van der Waals surface area (Å²) in [5, 5.41) is 16.8. The summed E-state index contributed by atoms with van der Waals surface area (Å²) in [5.74, 6) is -1.17. The van der Waals surface area contributed by atoms with Gasteiger partial charge in [0.15, 0.2) is 11.3 Å². The molecule has 4 aliphatic heterocycles. The van der Waals surface area contributed by atoms with Crippen LogP contribution in [0.25, 0.3) is 5.65 Å². The quantitative estimate of drug-likeness (QED) is 0.185. The highest BCUT2D eigenvalue weighted by molar-refractivity contribution is 6.25. The summed E-state index contributed by atoms with van der Waals surface area (Å²) >= 11 is 0. The number of nitrogens with one attached hydrogen (secondary N) is 3. The molecule has 60 heavy (non-hydrogen) atoms. The van der Waals surface area contributed by atoms with E-state index in [4.69, 9.17) is 4.74 Å². The van der Waals surface area contributed by atoms with Gasteiger partial charge in [0.25, 0.3) is 24.1 Å². The second-order valence-corrected chi connectivity index (χ2v) is 16.3. The molecule has 9 rings (SSSR count). The topological polar surface area (TPSA) is 188 Å². The molecule has 4 fully saturated rings. The Morgan fingerprint density at radius 1 is 0.917 bits per heavy atom. The molecule has 5 aliphatic rings. The molecular weight excluding hydrogens is 781 g/mol. The van der Waals surface area contributed by atoms with Gasteiger partial charge in [-0.05, 0) is 88.1 Å². The molecule has 5 amide bonds. The predicted octanol–water partition coefficient (Wildman–Crippen LogP) is 3.91. The largest absolute Gasteiger partial charge is 0.384 e. The van der Waals surface area contributed by atoms with Gasteiger partial charge in [-0.15, -0.1) is 0 Å². The Kier molecular flexibility index (Phi) is 11.0. The summed E-state index contributed by atoms with van der Waals surface area (Å²) in [5.41, 5.74) is 1.10. The zero-order valence-corrected chi connectivity index (χ0v) is 33.0. The van der Waals surface area contributed by atoms with Crippen LogP contribution in [0, 0.1) is 11.8 Å². The van der Waals surface area contributed by atoms with E-state index >= 15 is 0 Å². The third kappa shape index (κ3) is 7.82. The molecular formula is C41H47F2N11O6. The number of piperidine rings is 2. The van der Waals surface area contributed by atoms with E-state index in [0.717, 1.165) is 63.1 Å². The number of halogens is 2. The van der Waals surface area contributed by atoms with E-state index in [9.17, 15) is 32.8 Å². The summed E-state index contributed by atoms with van der Waals surface area (Å²) in [7, 11) is 0. The Balaban J connectivity index is 0.755. The van der Waals surface area contributed by atoms with Crippen molar-refractivity contribution in [2.45, 2.75) is 69.9 Å². The molecule has 1 atom stereocenters. The van der Waals surface area contributed by atoms with E-state index in [2.05, 4.69) is 40.9 Å². The lowest BCUT2D eigenvalue weighted by Crippen LogP contribution is -2.54. The van der Waals surface area contributed by atoms with E-state index in [1.807, 2.05) is 6.07 Å². The molecule has 1 aliphatic carbocycles. The minimum absolute atomic E-state index is 0.0240. The highest BCUT2D eigenvalue weighted by atomic mass is 19.3. The monoisotopic (exact) mass is 827 g/mol. The van der Waals surface area contributed by atoms with Crippen LogP contribution >= 0.6 is 0 Å². The van der Waals surface area contributed by atoms with Crippen molar-refractivity contribution in [3.63, 3.8) is 0 Å². The van der Waals surface area contributed by atoms with Crippen molar-refractivity contribution in [1.82, 2.24) is 39.5 Å². The van der Waals surface area contributed by atoms with Crippen LogP contribution in [-0.4, -0.2) is 122 Å². The second-order valence-electron chi connectivity index (χ2n) is 16.3. The fourth-order valence-corrected chi connectivity index (χ4v) is 9.27. The van der Waals surface area contributed by atoms with Gasteiger partial charge < -0.3 is 25.2 Å². The van der Waals surface area contributed by atoms with Crippen LogP contribution in [0.5, 0.6) is 0 Å². The number of ether oxygens (including phenoxy) is 1. The van der Waals surface area contributed by atoms with Gasteiger partial charge in [0.05, 0.1) is 42.3 Å². The van der Waals surface area contributed by atoms with Crippen LogP contribution < -0.4 is 20.9 Å². The molecule has 3 aromatic heterocycles. The zero-order chi connectivity index (χ0) is 41.5. The number of aromatic nitrogens is 5. The van der Waals surface area contributed by atoms with Gasteiger partial charge in [-0.3, -0.25) is 38.9 Å². The number of fused-ring (bicyclic) bond motifs is 2. The van der Waals surface area contributed by atoms with Gasteiger partial charge >= 0.3 is 0 Å². The first-order valence-corrected chi connectivity index (χ1v) is 20.8. The standard InChI is InChI=1S/C41H47F2N11O6/c42-36(43)35-30(46-38(56)28-21-45-52-15-12-32(47-37(28)52)51-16-18-60-19-17-51)23-53(49-35)26-6-4-25(5-7-26)22-50-13-10-24(11-14-50)20-44-29-3-1-2-27-34(29)41(59)54(40(27)58)31-8-9-33(55)48-39(31)57/h1-3,12,15,21,23-26,31,36,44H,4-11,13-14,16-20,22H2,(H,46,56)(H,48,55,57). The smallest absolute Gasteiger partial charge is 0.284 e. The van der Waals surface area contributed by atoms with Crippen LogP contribution in [0.2, 0.25) is 0 Å². The van der Waals surface area contributed by atoms with Crippen molar-refractivity contribution in [1.29, 1.82) is 0 Å². The molecule has 17 nitrogen and oxygen atoms in total. The number of nitrogens with zero attached hydrogens (tertiary/aromatic N) is 8. The van der Waals surface area contributed by atoms with Crippen molar-refractivity contribution >= 4 is 52.4 Å². The van der Waals surface area contributed by atoms with Crippen LogP contribution in [0.4, 0.5) is 26.0 Å². The number of likely N-dealkylation sites (tertiary alicyclic amines) is 1. The lowest BCUT2D eigenvalue weighted by molar-refractivity contribution is -0.136. The van der Waals surface area contributed by atoms with E-state index in [1.54, 1.807) is 29.1 Å². The Morgan fingerprint density at radius 3 is 2.45 bits per heavy atom. The number of carbonyl (C=O) groups excluding carboxylic acids is 5. The number of morpholine rings is 1. The molecule has 316 valence electrons. The van der Waals surface area contributed by atoms with E-state index in [1.165, 1.54) is 16.9 Å². The second kappa shape index (κ2) is 16.7. The zero-order valence-electron chi connectivity index (χ0n) is 33.0. The summed E-state index contributed by atoms with van der Waals surface area (Å²) < 4.78 is 37.0. The minimum atomic E-state index is -2.87. The summed E-state index contributed by atoms with van der Waals surface area (Å²) in [6.45, 7) is 5.94. The highest BCUT2D eigenvalue weighted by Crippen LogP contribution is 2.37. The van der Waals surface area contributed by atoms with Crippen LogP contribution in [-0.2, 0) is 14.3 Å². The first kappa shape index (κ1) is 39.6. The van der Waals surface area contributed by atoms with Gasteiger partial charge in [-0.1, -0.05) is 6.07 Å². The number of alkyl halides is 2. The average molecular weight is 828 g/mol. The van der Waals surface area contributed by atoms with Crippen molar-refractivity contribution in [2.24, 2.45) is 11.8 Å². The van der Waals surface area contributed by atoms with Crippen LogP contribution in [0.3, 0.4) is 0 Å². The Bertz CT molecular complexity index is 2310. The molecule has 0 radical (unpaired) electrons. The number of carbonyl (C=O) groups is 5. The van der Waals surface area contributed by atoms with Gasteiger partial charge in [0.2, 0.25) is 11.8 Å². The molecule has 0 bridgehead atoms. The molecule has 1 unspecified atom stereocenters. The molecule has 19 heteroatoms. The SMILES string of the molecule is O=C1CCC(N2C(=O)c3cccc(NCC4CCN(CC5CCC(n6cc(NC(=O)c7cnn8ccc(N9CCOCC9)nc78)c(C(F)F)n6)CC5)CC4)c3C2=O)C(=O)N1. The van der Waals surface area contributed by atoms with Gasteiger partial charge in [-0.25, -0.2) is 18.3 Å². The van der Waals surface area contributed by atoms with Crippen molar-refractivity contribution in [3.05, 3.63) is 65.2 Å². The number of amides is 5. The molecule has 0 spiro atoms. The van der Waals surface area contributed by atoms with Crippen LogP contribution in [0.1, 0.15) is 101 Å². The van der Waals surface area contributed by atoms with Crippen molar-refractivity contribution < 1.29 is 37.5 Å². The highest BCUT2D eigenvalue weighted by Gasteiger charge is 2.45. The number of rotatable bonds is 11. The maximum absolute atomic E-state index is 14.3. The van der Waals surface area contributed by atoms with Gasteiger partial charge in [0.1, 0.15) is 17.4 Å². The summed E-state index contributed by atoms with van der Waals surface area (Å²) in [6.07, 6.45) is 7.29. The average Bonchev–Trinajstić information content (AvgIpc) is 3.95. The number of benzene rings is 1. The van der Waals surface area contributed by atoms with Crippen molar-refractivity contribution in [3.8, 4) is 0 Å². The van der Waals surface area contributed by atoms with E-state index in [0.29, 0.717) is 61.8 Å². The first-order chi connectivity index (χ1) is 29.1. The third-order valence-corrected chi connectivity index (χ3v) is 12.6. The maximum Gasteiger partial charge on any atom is 0.284 e. The van der Waals surface area contributed by atoms with Crippen molar-refractivity contribution in [2.75, 3.05) is 68.0 Å². The third-order valence-electron chi connectivity index (χ3n) is 12.6. The summed E-state index contributed by atoms with van der Waals surface area (Å²) in [4.78, 5) is 74.5. The van der Waals surface area contributed by atoms with Crippen LogP contribution in [0.15, 0.2) is 42.9 Å². The molecule has 3 N–H and O–H groups in total.